The van der Waals surface area contributed by atoms with Crippen molar-refractivity contribution in [3.8, 4) is 33.7 Å². The van der Waals surface area contributed by atoms with E-state index in [-0.39, 0.29) is 11.4 Å². The maximum absolute atomic E-state index is 15.8. The van der Waals surface area contributed by atoms with Gasteiger partial charge in [0.1, 0.15) is 8.07 Å². The molecule has 0 fully saturated rings. The number of nitrogens with zero attached hydrogens (tertiary/aromatic N) is 2. The molecule has 2 aliphatic rings. The first-order chi connectivity index (χ1) is 23.3. The summed E-state index contributed by atoms with van der Waals surface area (Å²) in [5, 5.41) is -4.93. The summed E-state index contributed by atoms with van der Waals surface area (Å²) in [6, 6.07) is 26.3. The second kappa shape index (κ2) is 12.1. The van der Waals surface area contributed by atoms with Crippen molar-refractivity contribution in [1.82, 2.24) is 19.9 Å². The van der Waals surface area contributed by atoms with Gasteiger partial charge in [-0.3, -0.25) is 0 Å². The lowest BCUT2D eigenvalue weighted by Crippen LogP contribution is -2.34. The number of halogens is 5. The molecule has 8 bridgehead atoms. The van der Waals surface area contributed by atoms with Gasteiger partial charge in [0, 0.05) is 33.2 Å². The number of nitrogens with one attached hydrogen (secondary N) is 2. The van der Waals surface area contributed by atoms with Crippen LogP contribution in [0.1, 0.15) is 33.9 Å². The van der Waals surface area contributed by atoms with Crippen LogP contribution < -0.4 is 0 Å². The molecule has 4 nitrogen and oxygen atoms in total. The lowest BCUT2D eigenvalue weighted by atomic mass is 10.0. The van der Waals surface area contributed by atoms with Crippen LogP contribution in [-0.2, 0) is 5.92 Å². The summed E-state index contributed by atoms with van der Waals surface area (Å²) >= 11 is 5.12. The van der Waals surface area contributed by atoms with E-state index in [1.54, 1.807) is 0 Å². The predicted octanol–water partition coefficient (Wildman–Crippen LogP) is 11.1. The second-order valence-electron chi connectivity index (χ2n) is 12.8. The normalized spacial score (nSPS) is 13.0. The minimum atomic E-state index is -4.93. The number of rotatable bonds is 4. The van der Waals surface area contributed by atoms with Crippen LogP contribution in [0.5, 0.6) is 0 Å². The van der Waals surface area contributed by atoms with E-state index < -0.39 is 24.9 Å². The van der Waals surface area contributed by atoms with Crippen LogP contribution >= 0.6 is 11.6 Å². The zero-order chi connectivity index (χ0) is 34.6. The number of benzene rings is 2. The first-order valence-corrected chi connectivity index (χ1v) is 19.4. The third kappa shape index (κ3) is 6.26. The summed E-state index contributed by atoms with van der Waals surface area (Å²) in [5.41, 5.74) is 8.40. The fourth-order valence-electron chi connectivity index (χ4n) is 5.84. The fraction of sp³-hybridized carbons (Fsp3) is 0.128. The van der Waals surface area contributed by atoms with Crippen LogP contribution in [-0.4, -0.2) is 33.4 Å². The topological polar surface area (TPSA) is 57.4 Å². The Morgan fingerprint density at radius 2 is 1.16 bits per heavy atom. The molecule has 10 heteroatoms. The Morgan fingerprint density at radius 1 is 0.633 bits per heavy atom. The first kappa shape index (κ1) is 32.4. The van der Waals surface area contributed by atoms with E-state index in [0.29, 0.717) is 33.5 Å². The van der Waals surface area contributed by atoms with Crippen molar-refractivity contribution >= 4 is 66.0 Å². The average molecular weight is 693 g/mol. The summed E-state index contributed by atoms with van der Waals surface area (Å²) < 4.78 is 60.8. The van der Waals surface area contributed by atoms with Crippen molar-refractivity contribution in [2.75, 3.05) is 0 Å². The molecular formula is C39H29ClF4N4Si. The zero-order valence-electron chi connectivity index (χ0n) is 26.7. The van der Waals surface area contributed by atoms with E-state index in [4.69, 9.17) is 11.6 Å². The molecule has 3 aromatic heterocycles. The maximum Gasteiger partial charge on any atom is 0.388 e. The van der Waals surface area contributed by atoms with Crippen molar-refractivity contribution in [2.45, 2.75) is 30.9 Å². The van der Waals surface area contributed by atoms with Gasteiger partial charge >= 0.3 is 11.3 Å². The van der Waals surface area contributed by atoms with Gasteiger partial charge in [-0.05, 0) is 71.3 Å². The molecule has 2 N–H and O–H groups in total. The molecule has 244 valence electrons. The summed E-state index contributed by atoms with van der Waals surface area (Å²) in [7, 11) is -1.78. The second-order valence-corrected chi connectivity index (χ2v) is 18.1. The Bertz CT molecular complexity index is 2390. The molecule has 0 saturated heterocycles. The van der Waals surface area contributed by atoms with E-state index in [2.05, 4.69) is 51.0 Å². The average Bonchev–Trinajstić information content (AvgIpc) is 3.87. The van der Waals surface area contributed by atoms with Gasteiger partial charge in [-0.25, -0.2) is 9.97 Å². The van der Waals surface area contributed by atoms with Gasteiger partial charge in [-0.15, -0.1) is 5.54 Å². The monoisotopic (exact) mass is 692 g/mol. The number of hydrogen-bond acceptors (Lipinski definition) is 2. The highest BCUT2D eigenvalue weighted by molar-refractivity contribution is 6.83. The molecule has 2 aliphatic heterocycles. The highest BCUT2D eigenvalue weighted by Crippen LogP contribution is 2.49. The number of aromatic amines is 2. The summed E-state index contributed by atoms with van der Waals surface area (Å²) in [6.07, 6.45) is 5.68. The number of aromatic nitrogens is 4. The molecule has 0 saturated carbocycles. The molecule has 5 aromatic rings. The fourth-order valence-corrected chi connectivity index (χ4v) is 6.45. The highest BCUT2D eigenvalue weighted by Gasteiger charge is 2.58. The van der Waals surface area contributed by atoms with Crippen molar-refractivity contribution in [3.05, 3.63) is 119 Å². The van der Waals surface area contributed by atoms with Crippen LogP contribution in [0.2, 0.25) is 19.6 Å². The molecule has 0 amide bonds. The van der Waals surface area contributed by atoms with Crippen molar-refractivity contribution < 1.29 is 17.6 Å². The smallest absolute Gasteiger partial charge is 0.355 e. The van der Waals surface area contributed by atoms with Gasteiger partial charge in [-0.1, -0.05) is 86.2 Å². The lowest BCUT2D eigenvalue weighted by molar-refractivity contribution is -0.164. The molecule has 0 spiro atoms. The molecule has 7 rings (SSSR count). The van der Waals surface area contributed by atoms with Gasteiger partial charge in [0.15, 0.2) is 0 Å². The first-order valence-electron chi connectivity index (χ1n) is 15.5. The van der Waals surface area contributed by atoms with Crippen LogP contribution in [0.15, 0.2) is 84.9 Å². The van der Waals surface area contributed by atoms with Gasteiger partial charge in [0.05, 0.1) is 33.9 Å². The quantitative estimate of drug-likeness (QED) is 0.0835. The number of H-pyrrole nitrogens is 2. The van der Waals surface area contributed by atoms with E-state index >= 15 is 8.78 Å². The molecule has 49 heavy (non-hydrogen) atoms. The van der Waals surface area contributed by atoms with Crippen LogP contribution in [0.4, 0.5) is 17.6 Å². The molecular weight excluding hydrogens is 664 g/mol. The van der Waals surface area contributed by atoms with E-state index in [0.717, 1.165) is 27.7 Å². The van der Waals surface area contributed by atoms with E-state index in [1.807, 2.05) is 84.9 Å². The molecule has 0 aliphatic carbocycles. The zero-order valence-corrected chi connectivity index (χ0v) is 28.4. The van der Waals surface area contributed by atoms with E-state index in [9.17, 15) is 8.78 Å². The SMILES string of the molecule is C[Si](C)(C)C#Cc1cc2[nH]c1cc1ccc([nH]1)c(-c1ccccc1)c1nc(c(C(F)(F)C(F)(F)Cl)c3nc(c2-c2ccccc2)C=C3)C=C1. The molecule has 2 aromatic carbocycles. The van der Waals surface area contributed by atoms with Gasteiger partial charge in [0.2, 0.25) is 0 Å². The Morgan fingerprint density at radius 3 is 1.69 bits per heavy atom. The third-order valence-electron chi connectivity index (χ3n) is 8.07. The highest BCUT2D eigenvalue weighted by atomic mass is 35.5. The number of alkyl halides is 5. The minimum Gasteiger partial charge on any atom is -0.355 e. The summed E-state index contributed by atoms with van der Waals surface area (Å²) in [5.74, 6) is -1.45. The van der Waals surface area contributed by atoms with Gasteiger partial charge in [-0.2, -0.15) is 17.6 Å². The van der Waals surface area contributed by atoms with E-state index in [1.165, 1.54) is 24.3 Å². The molecule has 0 radical (unpaired) electrons. The minimum absolute atomic E-state index is 0.294. The maximum atomic E-state index is 15.8. The summed E-state index contributed by atoms with van der Waals surface area (Å²) in [6.45, 7) is 6.47. The Hall–Kier alpha value is -5.17. The van der Waals surface area contributed by atoms with Crippen molar-refractivity contribution in [1.29, 1.82) is 0 Å². The number of hydrogen-bond donors (Lipinski definition) is 2. The largest absolute Gasteiger partial charge is 0.388 e. The van der Waals surface area contributed by atoms with Crippen LogP contribution in [0.3, 0.4) is 0 Å². The van der Waals surface area contributed by atoms with Gasteiger partial charge < -0.3 is 9.97 Å². The van der Waals surface area contributed by atoms with Crippen molar-refractivity contribution in [2.24, 2.45) is 0 Å². The lowest BCUT2D eigenvalue weighted by Gasteiger charge is -2.22. The van der Waals surface area contributed by atoms with Crippen LogP contribution in [0.25, 0.3) is 68.6 Å². The summed E-state index contributed by atoms with van der Waals surface area (Å²) in [4.78, 5) is 16.0. The molecule has 0 unspecified atom stereocenters. The predicted molar refractivity (Wildman–Crippen MR) is 195 cm³/mol. The standard InChI is InChI=1S/C39H29ClF4N4Si/c1-49(2,3)21-20-26-22-34-36(25-12-8-5-9-13-25)30-17-19-32(47-30)37(38(41,42)39(40,43)44)31-18-16-29(46-31)35(24-10-6-4-7-11-24)28-15-14-27(45-28)23-33(26)48-34/h4-19,22-23,45,48H,1-3H3. The van der Waals surface area contributed by atoms with Crippen molar-refractivity contribution in [3.63, 3.8) is 0 Å². The Labute approximate surface area is 286 Å². The third-order valence-corrected chi connectivity index (χ3v) is 9.18. The molecule has 5 heterocycles. The van der Waals surface area contributed by atoms with Gasteiger partial charge in [0.25, 0.3) is 0 Å². The Balaban J connectivity index is 1.70. The number of fused-ring (bicyclic) bond motifs is 8. The molecule has 0 atom stereocenters. The Kier molecular flexibility index (Phi) is 7.97. The van der Waals surface area contributed by atoms with Crippen LogP contribution in [0, 0.1) is 11.5 Å².